The number of piperidine rings is 1. The molecule has 0 amide bonds. The van der Waals surface area contributed by atoms with Gasteiger partial charge in [0.15, 0.2) is 5.82 Å². The molecule has 1 aromatic heterocycles. The van der Waals surface area contributed by atoms with Crippen molar-refractivity contribution < 1.29 is 0 Å². The van der Waals surface area contributed by atoms with Gasteiger partial charge in [-0.2, -0.15) is 5.10 Å². The summed E-state index contributed by atoms with van der Waals surface area (Å²) in [5.41, 5.74) is 6.86. The van der Waals surface area contributed by atoms with Crippen molar-refractivity contribution in [2.24, 2.45) is 7.05 Å². The van der Waals surface area contributed by atoms with Crippen LogP contribution >= 0.6 is 0 Å². The Hall–Kier alpha value is -1.23. The van der Waals surface area contributed by atoms with E-state index in [1.165, 1.54) is 25.8 Å². The number of hydrogen-bond donors (Lipinski definition) is 1. The lowest BCUT2D eigenvalue weighted by molar-refractivity contribution is 0.115. The van der Waals surface area contributed by atoms with Gasteiger partial charge in [0.05, 0.1) is 5.69 Å². The van der Waals surface area contributed by atoms with Crippen molar-refractivity contribution in [3.05, 3.63) is 6.20 Å². The van der Waals surface area contributed by atoms with Crippen LogP contribution in [0.25, 0.3) is 0 Å². The van der Waals surface area contributed by atoms with Crippen molar-refractivity contribution in [1.82, 2.24) is 14.7 Å². The first-order chi connectivity index (χ1) is 8.65. The fraction of sp³-hybridized carbons (Fsp3) is 0.769. The van der Waals surface area contributed by atoms with E-state index in [9.17, 15) is 0 Å². The van der Waals surface area contributed by atoms with Gasteiger partial charge in [0.2, 0.25) is 0 Å². The minimum Gasteiger partial charge on any atom is -0.394 e. The van der Waals surface area contributed by atoms with Gasteiger partial charge in [-0.05, 0) is 26.3 Å². The number of hydrogen-bond acceptors (Lipinski definition) is 4. The summed E-state index contributed by atoms with van der Waals surface area (Å²) < 4.78 is 1.81. The van der Waals surface area contributed by atoms with Crippen LogP contribution in [0.3, 0.4) is 0 Å². The molecule has 1 aromatic rings. The first kappa shape index (κ1) is 11.8. The molecule has 0 radical (unpaired) electrons. The molecule has 3 heterocycles. The van der Waals surface area contributed by atoms with Gasteiger partial charge in [-0.1, -0.05) is 6.42 Å². The molecule has 2 atom stereocenters. The second kappa shape index (κ2) is 4.46. The number of aromatic nitrogens is 2. The lowest BCUT2D eigenvalue weighted by atomic mass is 9.97. The summed E-state index contributed by atoms with van der Waals surface area (Å²) in [7, 11) is 1.93. The molecule has 3 rings (SSSR count). The third kappa shape index (κ3) is 1.96. The Morgan fingerprint density at radius 3 is 2.89 bits per heavy atom. The quantitative estimate of drug-likeness (QED) is 0.809. The highest BCUT2D eigenvalue weighted by molar-refractivity contribution is 5.62. The Kier molecular flexibility index (Phi) is 2.93. The molecule has 2 N–H and O–H groups in total. The van der Waals surface area contributed by atoms with Gasteiger partial charge in [-0.3, -0.25) is 9.58 Å². The number of piperazine rings is 1. The van der Waals surface area contributed by atoms with Gasteiger partial charge in [0.1, 0.15) is 0 Å². The fourth-order valence-electron chi connectivity index (χ4n) is 3.37. The average molecular weight is 249 g/mol. The molecule has 0 aromatic carbocycles. The Labute approximate surface area is 109 Å². The van der Waals surface area contributed by atoms with E-state index >= 15 is 0 Å². The van der Waals surface area contributed by atoms with Gasteiger partial charge in [0, 0.05) is 38.4 Å². The molecule has 2 fully saturated rings. The predicted octanol–water partition coefficient (Wildman–Crippen LogP) is 1.07. The molecule has 5 heteroatoms. The number of anilines is 2. The zero-order valence-electron chi connectivity index (χ0n) is 11.3. The lowest BCUT2D eigenvalue weighted by Gasteiger charge is -2.47. The molecule has 2 saturated heterocycles. The summed E-state index contributed by atoms with van der Waals surface area (Å²) in [6, 6.07) is 1.19. The van der Waals surface area contributed by atoms with Crippen LogP contribution in [-0.2, 0) is 7.05 Å². The van der Waals surface area contributed by atoms with Gasteiger partial charge in [-0.25, -0.2) is 0 Å². The Balaban J connectivity index is 1.82. The van der Waals surface area contributed by atoms with E-state index in [2.05, 4.69) is 21.8 Å². The van der Waals surface area contributed by atoms with Crippen molar-refractivity contribution in [2.75, 3.05) is 30.3 Å². The largest absolute Gasteiger partial charge is 0.394 e. The van der Waals surface area contributed by atoms with Gasteiger partial charge in [-0.15, -0.1) is 0 Å². The van der Waals surface area contributed by atoms with E-state index in [1.54, 1.807) is 0 Å². The van der Waals surface area contributed by atoms with Crippen molar-refractivity contribution in [3.8, 4) is 0 Å². The summed E-state index contributed by atoms with van der Waals surface area (Å²) in [5, 5.41) is 4.52. The van der Waals surface area contributed by atoms with E-state index in [0.717, 1.165) is 24.6 Å². The summed E-state index contributed by atoms with van der Waals surface area (Å²) in [5.74, 6) is 0.968. The molecule has 18 heavy (non-hydrogen) atoms. The van der Waals surface area contributed by atoms with Crippen LogP contribution in [-0.4, -0.2) is 46.4 Å². The Morgan fingerprint density at radius 1 is 1.33 bits per heavy atom. The highest BCUT2D eigenvalue weighted by Gasteiger charge is 2.34. The smallest absolute Gasteiger partial charge is 0.174 e. The summed E-state index contributed by atoms with van der Waals surface area (Å²) in [6.07, 6.45) is 5.93. The van der Waals surface area contributed by atoms with Crippen LogP contribution in [0, 0.1) is 0 Å². The maximum atomic E-state index is 6.06. The Bertz CT molecular complexity index is 427. The van der Waals surface area contributed by atoms with E-state index in [1.807, 2.05) is 17.9 Å². The van der Waals surface area contributed by atoms with E-state index in [4.69, 9.17) is 5.73 Å². The minimum atomic E-state index is 0.497. The molecule has 5 nitrogen and oxygen atoms in total. The standard InChI is InChI=1S/C13H23N5/c1-10-7-17-6-4-3-5-11(17)8-18(10)13-12(14)9-16(2)15-13/h9-11H,3-8,14H2,1-2H3. The topological polar surface area (TPSA) is 50.3 Å². The molecule has 2 aliphatic heterocycles. The maximum Gasteiger partial charge on any atom is 0.174 e. The number of nitrogens with two attached hydrogens (primary N) is 1. The fourth-order valence-corrected chi connectivity index (χ4v) is 3.37. The van der Waals surface area contributed by atoms with Crippen LogP contribution in [0.1, 0.15) is 26.2 Å². The van der Waals surface area contributed by atoms with Gasteiger partial charge in [0.25, 0.3) is 0 Å². The van der Waals surface area contributed by atoms with Crippen LogP contribution < -0.4 is 10.6 Å². The zero-order chi connectivity index (χ0) is 12.7. The normalized spacial score (nSPS) is 29.3. The van der Waals surface area contributed by atoms with Crippen LogP contribution in [0.15, 0.2) is 6.20 Å². The summed E-state index contributed by atoms with van der Waals surface area (Å²) in [4.78, 5) is 5.03. The van der Waals surface area contributed by atoms with Gasteiger partial charge < -0.3 is 10.6 Å². The van der Waals surface area contributed by atoms with Crippen LogP contribution in [0.4, 0.5) is 11.5 Å². The van der Waals surface area contributed by atoms with E-state index < -0.39 is 0 Å². The molecule has 0 spiro atoms. The van der Waals surface area contributed by atoms with Crippen LogP contribution in [0.5, 0.6) is 0 Å². The number of rotatable bonds is 1. The molecule has 2 unspecified atom stereocenters. The monoisotopic (exact) mass is 249 g/mol. The molecule has 0 aliphatic carbocycles. The van der Waals surface area contributed by atoms with E-state index in [-0.39, 0.29) is 0 Å². The predicted molar refractivity (Wildman–Crippen MR) is 73.6 cm³/mol. The number of nitrogen functional groups attached to an aromatic ring is 1. The second-order valence-electron chi connectivity index (χ2n) is 5.73. The number of nitrogens with zero attached hydrogens (tertiary/aromatic N) is 4. The zero-order valence-corrected chi connectivity index (χ0v) is 11.3. The van der Waals surface area contributed by atoms with Crippen molar-refractivity contribution in [1.29, 1.82) is 0 Å². The first-order valence-electron chi connectivity index (χ1n) is 6.95. The second-order valence-corrected chi connectivity index (χ2v) is 5.73. The highest BCUT2D eigenvalue weighted by Crippen LogP contribution is 2.29. The molecular formula is C13H23N5. The minimum absolute atomic E-state index is 0.497. The molecular weight excluding hydrogens is 226 g/mol. The Morgan fingerprint density at radius 2 is 2.17 bits per heavy atom. The van der Waals surface area contributed by atoms with E-state index in [0.29, 0.717) is 12.1 Å². The SMILES string of the molecule is CC1CN2CCCCC2CN1c1nn(C)cc1N. The number of fused-ring (bicyclic) bond motifs is 1. The first-order valence-corrected chi connectivity index (χ1v) is 6.95. The van der Waals surface area contributed by atoms with Gasteiger partial charge >= 0.3 is 0 Å². The summed E-state index contributed by atoms with van der Waals surface area (Å²) >= 11 is 0. The number of aryl methyl sites for hydroxylation is 1. The van der Waals surface area contributed by atoms with Crippen molar-refractivity contribution in [3.63, 3.8) is 0 Å². The molecule has 2 aliphatic rings. The molecule has 0 saturated carbocycles. The summed E-state index contributed by atoms with van der Waals surface area (Å²) in [6.45, 7) is 5.75. The van der Waals surface area contributed by atoms with Crippen molar-refractivity contribution in [2.45, 2.75) is 38.3 Å². The lowest BCUT2D eigenvalue weighted by Crippen LogP contribution is -2.59. The van der Waals surface area contributed by atoms with Crippen LogP contribution in [0.2, 0.25) is 0 Å². The maximum absolute atomic E-state index is 6.06. The van der Waals surface area contributed by atoms with Crippen molar-refractivity contribution >= 4 is 11.5 Å². The molecule has 100 valence electrons. The average Bonchev–Trinajstić information content (AvgIpc) is 2.67. The molecule has 0 bridgehead atoms. The third-order valence-corrected chi connectivity index (χ3v) is 4.30. The third-order valence-electron chi connectivity index (χ3n) is 4.30. The highest BCUT2D eigenvalue weighted by atomic mass is 15.4.